The molecule has 1 aliphatic heterocycles. The van der Waals surface area contributed by atoms with Crippen LogP contribution in [0.2, 0.25) is 5.02 Å². The van der Waals surface area contributed by atoms with E-state index in [0.29, 0.717) is 6.61 Å². The Bertz CT molecular complexity index is 702. The molecule has 0 N–H and O–H groups in total. The highest BCUT2D eigenvalue weighted by Gasteiger charge is 2.35. The van der Waals surface area contributed by atoms with Crippen LogP contribution in [-0.4, -0.2) is 37.6 Å². The summed E-state index contributed by atoms with van der Waals surface area (Å²) >= 11 is 6.01. The van der Waals surface area contributed by atoms with E-state index in [9.17, 15) is 4.79 Å². The van der Waals surface area contributed by atoms with Crippen LogP contribution in [0.5, 0.6) is 0 Å². The summed E-state index contributed by atoms with van der Waals surface area (Å²) in [5.41, 5.74) is 2.45. The van der Waals surface area contributed by atoms with Gasteiger partial charge in [0.1, 0.15) is 0 Å². The standard InChI is InChI=1S/C22H26ClNO2/c1-24-14-13-20(18-9-11-19(23)12-10-18)21(16-24)22(25)26-15-5-8-17-6-3-2-4-7-17/h2-4,6-7,9-12,20-21H,5,8,13-16H2,1H3/t20-,21+/m1/s1. The fourth-order valence-electron chi connectivity index (χ4n) is 3.66. The predicted molar refractivity (Wildman–Crippen MR) is 106 cm³/mol. The molecule has 1 fully saturated rings. The second kappa shape index (κ2) is 9.20. The first-order valence-electron chi connectivity index (χ1n) is 9.28. The van der Waals surface area contributed by atoms with Gasteiger partial charge in [0.05, 0.1) is 12.5 Å². The molecule has 0 radical (unpaired) electrons. The predicted octanol–water partition coefficient (Wildman–Crippen LogP) is 4.55. The topological polar surface area (TPSA) is 29.5 Å². The van der Waals surface area contributed by atoms with Gasteiger partial charge in [-0.05, 0) is 62.0 Å². The summed E-state index contributed by atoms with van der Waals surface area (Å²) in [6.45, 7) is 2.21. The molecule has 3 nitrogen and oxygen atoms in total. The highest BCUT2D eigenvalue weighted by molar-refractivity contribution is 6.30. The molecular weight excluding hydrogens is 346 g/mol. The van der Waals surface area contributed by atoms with Crippen molar-refractivity contribution in [1.82, 2.24) is 4.90 Å². The zero-order valence-corrected chi connectivity index (χ0v) is 16.0. The van der Waals surface area contributed by atoms with Crippen molar-refractivity contribution in [2.75, 3.05) is 26.7 Å². The van der Waals surface area contributed by atoms with Crippen LogP contribution < -0.4 is 0 Å². The zero-order chi connectivity index (χ0) is 18.4. The van der Waals surface area contributed by atoms with Crippen LogP contribution in [0.1, 0.15) is 29.9 Å². The largest absolute Gasteiger partial charge is 0.465 e. The summed E-state index contributed by atoms with van der Waals surface area (Å²) in [5.74, 6) is 0.00121. The van der Waals surface area contributed by atoms with Crippen molar-refractivity contribution < 1.29 is 9.53 Å². The van der Waals surface area contributed by atoms with Gasteiger partial charge in [-0.2, -0.15) is 0 Å². The van der Waals surface area contributed by atoms with Crippen molar-refractivity contribution >= 4 is 17.6 Å². The van der Waals surface area contributed by atoms with Gasteiger partial charge in [0, 0.05) is 11.6 Å². The second-order valence-electron chi connectivity index (χ2n) is 7.07. The number of piperidine rings is 1. The summed E-state index contributed by atoms with van der Waals surface area (Å²) in [6, 6.07) is 18.2. The highest BCUT2D eigenvalue weighted by Crippen LogP contribution is 2.34. The van der Waals surface area contributed by atoms with E-state index in [-0.39, 0.29) is 17.8 Å². The summed E-state index contributed by atoms with van der Waals surface area (Å²) in [5, 5.41) is 0.724. The quantitative estimate of drug-likeness (QED) is 0.551. The lowest BCUT2D eigenvalue weighted by Crippen LogP contribution is -2.41. The molecule has 0 saturated carbocycles. The number of carbonyl (C=O) groups is 1. The molecule has 0 aliphatic carbocycles. The number of esters is 1. The van der Waals surface area contributed by atoms with Gasteiger partial charge in [-0.3, -0.25) is 4.79 Å². The van der Waals surface area contributed by atoms with Crippen LogP contribution in [0.25, 0.3) is 0 Å². The normalized spacial score (nSPS) is 20.7. The van der Waals surface area contributed by atoms with Crippen LogP contribution in [-0.2, 0) is 16.0 Å². The molecular formula is C22H26ClNO2. The number of halogens is 1. The molecule has 2 aromatic rings. The molecule has 1 aliphatic rings. The third-order valence-corrected chi connectivity index (χ3v) is 5.37. The molecule has 1 saturated heterocycles. The molecule has 4 heteroatoms. The fourth-order valence-corrected chi connectivity index (χ4v) is 3.79. The van der Waals surface area contributed by atoms with E-state index in [4.69, 9.17) is 16.3 Å². The number of rotatable bonds is 6. The van der Waals surface area contributed by atoms with E-state index >= 15 is 0 Å². The molecule has 0 spiro atoms. The van der Waals surface area contributed by atoms with Gasteiger partial charge in [-0.15, -0.1) is 0 Å². The average Bonchev–Trinajstić information content (AvgIpc) is 2.67. The van der Waals surface area contributed by atoms with E-state index in [1.54, 1.807) is 0 Å². The van der Waals surface area contributed by atoms with E-state index < -0.39 is 0 Å². The number of aryl methyl sites for hydroxylation is 1. The number of hydrogen-bond acceptors (Lipinski definition) is 3. The first-order valence-corrected chi connectivity index (χ1v) is 9.66. The van der Waals surface area contributed by atoms with Crippen molar-refractivity contribution in [3.8, 4) is 0 Å². The van der Waals surface area contributed by atoms with Crippen LogP contribution in [0.3, 0.4) is 0 Å². The monoisotopic (exact) mass is 371 g/mol. The highest BCUT2D eigenvalue weighted by atomic mass is 35.5. The summed E-state index contributed by atoms with van der Waals surface area (Å²) < 4.78 is 5.64. The Morgan fingerprint density at radius 3 is 2.62 bits per heavy atom. The van der Waals surface area contributed by atoms with E-state index in [0.717, 1.165) is 37.4 Å². The lowest BCUT2D eigenvalue weighted by Gasteiger charge is -2.35. The van der Waals surface area contributed by atoms with Crippen LogP contribution in [0, 0.1) is 5.92 Å². The Hall–Kier alpha value is -1.84. The van der Waals surface area contributed by atoms with Gasteiger partial charge in [-0.1, -0.05) is 54.1 Å². The molecule has 2 aromatic carbocycles. The van der Waals surface area contributed by atoms with Gasteiger partial charge >= 0.3 is 5.97 Å². The molecule has 0 amide bonds. The minimum atomic E-state index is -0.119. The number of carbonyl (C=O) groups excluding carboxylic acids is 1. The number of hydrogen-bond donors (Lipinski definition) is 0. The van der Waals surface area contributed by atoms with Crippen molar-refractivity contribution in [1.29, 1.82) is 0 Å². The first kappa shape index (κ1) is 18.9. The second-order valence-corrected chi connectivity index (χ2v) is 7.51. The molecule has 138 valence electrons. The lowest BCUT2D eigenvalue weighted by atomic mass is 9.80. The minimum absolute atomic E-state index is 0.0791. The molecule has 1 heterocycles. The Morgan fingerprint density at radius 1 is 1.15 bits per heavy atom. The van der Waals surface area contributed by atoms with Crippen molar-refractivity contribution in [2.45, 2.75) is 25.2 Å². The van der Waals surface area contributed by atoms with Gasteiger partial charge < -0.3 is 9.64 Å². The van der Waals surface area contributed by atoms with Gasteiger partial charge in [0.25, 0.3) is 0 Å². The summed E-state index contributed by atoms with van der Waals surface area (Å²) in [6.07, 6.45) is 2.74. The van der Waals surface area contributed by atoms with E-state index in [1.807, 2.05) is 42.5 Å². The Labute approximate surface area is 160 Å². The molecule has 0 bridgehead atoms. The van der Waals surface area contributed by atoms with Gasteiger partial charge in [0.15, 0.2) is 0 Å². The molecule has 26 heavy (non-hydrogen) atoms. The molecule has 2 atom stereocenters. The van der Waals surface area contributed by atoms with Gasteiger partial charge in [0.2, 0.25) is 0 Å². The van der Waals surface area contributed by atoms with E-state index in [2.05, 4.69) is 24.1 Å². The van der Waals surface area contributed by atoms with Crippen molar-refractivity contribution in [3.05, 3.63) is 70.7 Å². The van der Waals surface area contributed by atoms with Crippen molar-refractivity contribution in [2.24, 2.45) is 5.92 Å². The minimum Gasteiger partial charge on any atom is -0.465 e. The zero-order valence-electron chi connectivity index (χ0n) is 15.2. The summed E-state index contributed by atoms with van der Waals surface area (Å²) in [4.78, 5) is 14.9. The number of likely N-dealkylation sites (tertiary alicyclic amines) is 1. The number of benzene rings is 2. The average molecular weight is 372 g/mol. The summed E-state index contributed by atoms with van der Waals surface area (Å²) in [7, 11) is 2.06. The fraction of sp³-hybridized carbons (Fsp3) is 0.409. The Balaban J connectivity index is 1.56. The third-order valence-electron chi connectivity index (χ3n) is 5.11. The molecule has 3 rings (SSSR count). The Kier molecular flexibility index (Phi) is 6.70. The number of ether oxygens (including phenoxy) is 1. The van der Waals surface area contributed by atoms with Crippen LogP contribution >= 0.6 is 11.6 Å². The maximum atomic E-state index is 12.7. The van der Waals surface area contributed by atoms with Crippen LogP contribution in [0.15, 0.2) is 54.6 Å². The molecule has 0 aromatic heterocycles. The van der Waals surface area contributed by atoms with E-state index in [1.165, 1.54) is 11.1 Å². The number of nitrogens with zero attached hydrogens (tertiary/aromatic N) is 1. The maximum Gasteiger partial charge on any atom is 0.310 e. The molecule has 0 unspecified atom stereocenters. The first-order chi connectivity index (χ1) is 12.6. The lowest BCUT2D eigenvalue weighted by molar-refractivity contribution is -0.151. The van der Waals surface area contributed by atoms with Crippen molar-refractivity contribution in [3.63, 3.8) is 0 Å². The van der Waals surface area contributed by atoms with Gasteiger partial charge in [-0.25, -0.2) is 0 Å². The SMILES string of the molecule is CN1CC[C@H](c2ccc(Cl)cc2)[C@@H](C(=O)OCCCc2ccccc2)C1. The smallest absolute Gasteiger partial charge is 0.310 e. The van der Waals surface area contributed by atoms with Crippen LogP contribution in [0.4, 0.5) is 0 Å². The third kappa shape index (κ3) is 5.09. The maximum absolute atomic E-state index is 12.7. The Morgan fingerprint density at radius 2 is 1.88 bits per heavy atom.